The second kappa shape index (κ2) is 11.8. The molecule has 1 amide bonds. The van der Waals surface area contributed by atoms with E-state index in [1.807, 2.05) is 30.3 Å². The van der Waals surface area contributed by atoms with Crippen molar-refractivity contribution in [3.63, 3.8) is 0 Å². The van der Waals surface area contributed by atoms with Crippen LogP contribution in [0, 0.1) is 5.82 Å². The first-order valence-electron chi connectivity index (χ1n) is 12.1. The van der Waals surface area contributed by atoms with Gasteiger partial charge in [-0.15, -0.1) is 5.53 Å². The summed E-state index contributed by atoms with van der Waals surface area (Å²) in [6.07, 6.45) is 2.80. The zero-order valence-electron chi connectivity index (χ0n) is 21.0. The van der Waals surface area contributed by atoms with Crippen LogP contribution in [0.4, 0.5) is 15.8 Å². The number of halogens is 3. The minimum atomic E-state index is -1.10. The molecule has 4 N–H and O–H groups in total. The van der Waals surface area contributed by atoms with Crippen molar-refractivity contribution in [2.75, 3.05) is 10.3 Å². The number of benzene rings is 3. The van der Waals surface area contributed by atoms with Gasteiger partial charge >= 0.3 is 5.97 Å². The fourth-order valence-electron chi connectivity index (χ4n) is 4.26. The van der Waals surface area contributed by atoms with Gasteiger partial charge < -0.3 is 10.4 Å². The lowest BCUT2D eigenvalue weighted by Crippen LogP contribution is -2.36. The van der Waals surface area contributed by atoms with Crippen molar-refractivity contribution in [1.29, 1.82) is 0 Å². The van der Waals surface area contributed by atoms with E-state index in [-0.39, 0.29) is 39.1 Å². The van der Waals surface area contributed by atoms with Crippen LogP contribution < -0.4 is 26.8 Å². The number of hydrogen-bond donors (Lipinski definition) is 4. The van der Waals surface area contributed by atoms with Gasteiger partial charge in [-0.1, -0.05) is 53.5 Å². The number of carbonyl (C=O) groups excluding carboxylic acids is 1. The number of carboxylic acids is 1. The van der Waals surface area contributed by atoms with Gasteiger partial charge in [-0.3, -0.25) is 24.6 Å². The number of nitrogens with zero attached hydrogens (tertiary/aromatic N) is 3. The third-order valence-electron chi connectivity index (χ3n) is 6.27. The molecule has 5 rings (SSSR count). The number of hydrogen-bond acceptors (Lipinski definition) is 7. The minimum absolute atomic E-state index is 0.0115. The minimum Gasteiger partial charge on any atom is -0.478 e. The Kier molecular flexibility index (Phi) is 8.02. The molecule has 13 heteroatoms. The molecule has 1 aliphatic heterocycles. The summed E-state index contributed by atoms with van der Waals surface area (Å²) in [6.45, 7) is 0. The normalized spacial score (nSPS) is 13.3. The Balaban J connectivity index is 1.52. The van der Waals surface area contributed by atoms with Gasteiger partial charge in [0.15, 0.2) is 5.82 Å². The molecule has 0 aliphatic carbocycles. The summed E-state index contributed by atoms with van der Waals surface area (Å²) in [7, 11) is 0. The fourth-order valence-corrected chi connectivity index (χ4v) is 4.56. The Morgan fingerprint density at radius 3 is 2.41 bits per heavy atom. The van der Waals surface area contributed by atoms with Gasteiger partial charge in [0.1, 0.15) is 11.2 Å². The van der Waals surface area contributed by atoms with Crippen molar-refractivity contribution in [1.82, 2.24) is 20.5 Å². The first-order valence-corrected chi connectivity index (χ1v) is 12.9. The zero-order chi connectivity index (χ0) is 29.1. The second-order valence-corrected chi connectivity index (χ2v) is 9.75. The molecule has 4 aromatic rings. The Morgan fingerprint density at radius 1 is 1.05 bits per heavy atom. The average Bonchev–Trinajstić information content (AvgIpc) is 3.40. The van der Waals surface area contributed by atoms with Crippen LogP contribution in [0.15, 0.2) is 95.3 Å². The van der Waals surface area contributed by atoms with Gasteiger partial charge in [0.2, 0.25) is 5.91 Å². The van der Waals surface area contributed by atoms with E-state index in [0.717, 1.165) is 16.2 Å². The summed E-state index contributed by atoms with van der Waals surface area (Å²) in [5, 5.41) is 13.4. The number of hydrazine groups is 2. The van der Waals surface area contributed by atoms with E-state index in [0.29, 0.717) is 5.69 Å². The van der Waals surface area contributed by atoms with Crippen molar-refractivity contribution in [2.45, 2.75) is 12.5 Å². The molecule has 0 fully saturated rings. The Hall–Kier alpha value is -4.71. The zero-order valence-corrected chi connectivity index (χ0v) is 22.5. The van der Waals surface area contributed by atoms with Crippen LogP contribution in [0.25, 0.3) is 11.3 Å². The van der Waals surface area contributed by atoms with Gasteiger partial charge in [-0.05, 0) is 42.0 Å². The maximum Gasteiger partial charge on any atom is 0.335 e. The smallest absolute Gasteiger partial charge is 0.335 e. The highest BCUT2D eigenvalue weighted by Crippen LogP contribution is 2.36. The molecule has 208 valence electrons. The van der Waals surface area contributed by atoms with Crippen molar-refractivity contribution >= 4 is 46.5 Å². The van der Waals surface area contributed by atoms with Crippen LogP contribution in [-0.2, 0) is 11.2 Å². The molecule has 0 saturated carbocycles. The molecule has 0 saturated heterocycles. The van der Waals surface area contributed by atoms with Gasteiger partial charge in [-0.2, -0.15) is 0 Å². The number of rotatable bonds is 8. The van der Waals surface area contributed by atoms with Crippen LogP contribution in [-0.4, -0.2) is 26.5 Å². The first kappa shape index (κ1) is 27.8. The largest absolute Gasteiger partial charge is 0.478 e. The molecule has 0 spiro atoms. The quantitative estimate of drug-likeness (QED) is 0.216. The molecule has 1 aliphatic rings. The molecule has 10 nitrogen and oxygen atoms in total. The average molecular weight is 595 g/mol. The summed E-state index contributed by atoms with van der Waals surface area (Å²) < 4.78 is 16.5. The maximum atomic E-state index is 15.3. The number of amides is 1. The van der Waals surface area contributed by atoms with Gasteiger partial charge in [0, 0.05) is 18.2 Å². The molecular formula is C28H21Cl2FN6O4. The van der Waals surface area contributed by atoms with Crippen LogP contribution in [0.5, 0.6) is 0 Å². The van der Waals surface area contributed by atoms with Gasteiger partial charge in [0.25, 0.3) is 5.56 Å². The predicted octanol–water partition coefficient (Wildman–Crippen LogP) is 4.69. The second-order valence-electron chi connectivity index (χ2n) is 8.94. The highest BCUT2D eigenvalue weighted by Gasteiger charge is 2.26. The molecule has 0 bridgehead atoms. The third kappa shape index (κ3) is 6.07. The van der Waals surface area contributed by atoms with E-state index in [1.165, 1.54) is 53.9 Å². The van der Waals surface area contributed by atoms with Crippen LogP contribution in [0.2, 0.25) is 5.02 Å². The van der Waals surface area contributed by atoms with E-state index in [4.69, 9.17) is 28.3 Å². The van der Waals surface area contributed by atoms with E-state index in [1.54, 1.807) is 0 Å². The molecule has 2 heterocycles. The molecule has 0 radical (unpaired) electrons. The number of anilines is 2. The molecule has 41 heavy (non-hydrogen) atoms. The van der Waals surface area contributed by atoms with E-state index in [9.17, 15) is 14.4 Å². The number of carbonyl (C=O) groups is 2. The summed E-state index contributed by atoms with van der Waals surface area (Å²) in [6, 6.07) is 17.7. The summed E-state index contributed by atoms with van der Waals surface area (Å²) in [4.78, 5) is 42.4. The number of aromatic carboxylic acids is 1. The summed E-state index contributed by atoms with van der Waals surface area (Å²) in [5.74, 6) is -2.43. The number of nitrogens with one attached hydrogen (secondary N) is 3. The molecule has 3 aromatic carbocycles. The lowest BCUT2D eigenvalue weighted by atomic mass is 10.0. The fraction of sp³-hybridized carbons (Fsp3) is 0.0714. The number of aromatic nitrogens is 2. The number of carboxylic acid groups (broad SMARTS) is 1. The molecule has 0 unspecified atom stereocenters. The Labute approximate surface area is 242 Å². The Morgan fingerprint density at radius 2 is 1.78 bits per heavy atom. The predicted molar refractivity (Wildman–Crippen MR) is 153 cm³/mol. The molecule has 1 atom stereocenters. The lowest BCUT2D eigenvalue weighted by molar-refractivity contribution is -0.119. The van der Waals surface area contributed by atoms with Crippen LogP contribution in [0.3, 0.4) is 0 Å². The van der Waals surface area contributed by atoms with Gasteiger partial charge in [0.05, 0.1) is 40.1 Å². The maximum absolute atomic E-state index is 15.3. The monoisotopic (exact) mass is 594 g/mol. The first-order chi connectivity index (χ1) is 19.7. The van der Waals surface area contributed by atoms with Crippen LogP contribution >= 0.6 is 23.2 Å². The van der Waals surface area contributed by atoms with E-state index >= 15 is 4.39 Å². The highest BCUT2D eigenvalue weighted by atomic mass is 35.5. The topological polar surface area (TPSA) is 129 Å². The van der Waals surface area contributed by atoms with E-state index in [2.05, 4.69) is 21.3 Å². The molecular weight excluding hydrogens is 574 g/mol. The summed E-state index contributed by atoms with van der Waals surface area (Å²) in [5.41, 5.74) is 6.21. The third-order valence-corrected chi connectivity index (χ3v) is 6.76. The van der Waals surface area contributed by atoms with E-state index < -0.39 is 29.3 Å². The Bertz CT molecular complexity index is 1710. The lowest BCUT2D eigenvalue weighted by Gasteiger charge is -2.21. The van der Waals surface area contributed by atoms with Crippen molar-refractivity contribution < 1.29 is 19.1 Å². The standard InChI is InChI=1S/C28H21Cl2FN6O4/c29-19-10-11-21(37-14-23(30)34-35-37)25(26(19)31)20-13-24(38)36(15-32-20)22(12-16-4-2-1-3-5-16)27(39)33-18-8-6-17(7-9-18)28(40)41/h1-11,13-15,22,34-35H,12H2,(H,33,39)(H,40,41)/t22-/m0/s1. The molecule has 1 aromatic heterocycles. The van der Waals surface area contributed by atoms with Crippen molar-refractivity contribution in [3.8, 4) is 11.3 Å². The highest BCUT2D eigenvalue weighted by molar-refractivity contribution is 6.31. The SMILES string of the molecule is O=C(O)c1ccc(NC(=O)[C@H](Cc2ccccc2)n2cnc(-c3c(N4C=C(Cl)NN4)ccc(Cl)c3F)cc2=O)cc1. The van der Waals surface area contributed by atoms with Crippen LogP contribution in [0.1, 0.15) is 22.0 Å². The van der Waals surface area contributed by atoms with Gasteiger partial charge in [-0.25, -0.2) is 14.2 Å². The van der Waals surface area contributed by atoms with Crippen molar-refractivity contribution in [3.05, 3.63) is 123 Å². The van der Waals surface area contributed by atoms with Crippen molar-refractivity contribution in [2.24, 2.45) is 0 Å². The summed E-state index contributed by atoms with van der Waals surface area (Å²) >= 11 is 12.0.